The highest BCUT2D eigenvalue weighted by Crippen LogP contribution is 2.33. The molecule has 0 fully saturated rings. The lowest BCUT2D eigenvalue weighted by Gasteiger charge is -2.33. The van der Waals surface area contributed by atoms with Crippen LogP contribution in [0.4, 0.5) is 5.69 Å². The molecule has 0 aliphatic heterocycles. The highest BCUT2D eigenvalue weighted by molar-refractivity contribution is 7.92. The summed E-state index contributed by atoms with van der Waals surface area (Å²) in [6.07, 6.45) is 0.730. The third-order valence-corrected chi connectivity index (χ3v) is 9.26. The van der Waals surface area contributed by atoms with Crippen LogP contribution in [-0.4, -0.2) is 58.0 Å². The molecule has 0 spiro atoms. The van der Waals surface area contributed by atoms with Crippen molar-refractivity contribution in [1.29, 1.82) is 0 Å². The van der Waals surface area contributed by atoms with E-state index in [1.807, 2.05) is 65.0 Å². The molecular formula is C33H43N3O6S. The predicted molar refractivity (Wildman–Crippen MR) is 169 cm³/mol. The first-order valence-electron chi connectivity index (χ1n) is 14.3. The Bertz CT molecular complexity index is 1540. The Kier molecular flexibility index (Phi) is 11.2. The monoisotopic (exact) mass is 609 g/mol. The number of methoxy groups -OCH3 is 2. The number of benzene rings is 3. The third kappa shape index (κ3) is 8.07. The van der Waals surface area contributed by atoms with Crippen LogP contribution in [0.1, 0.15) is 49.4 Å². The van der Waals surface area contributed by atoms with Crippen LogP contribution in [-0.2, 0) is 26.2 Å². The Hall–Kier alpha value is -4.05. The fraction of sp³-hybridized carbons (Fsp3) is 0.394. The van der Waals surface area contributed by atoms with Crippen LogP contribution in [0.15, 0.2) is 65.6 Å². The van der Waals surface area contributed by atoms with Gasteiger partial charge < -0.3 is 19.7 Å². The highest BCUT2D eigenvalue weighted by Gasteiger charge is 2.33. The quantitative estimate of drug-likeness (QED) is 0.287. The number of nitrogens with zero attached hydrogens (tertiary/aromatic N) is 2. The Morgan fingerprint density at radius 3 is 2.09 bits per heavy atom. The standard InChI is InChI=1S/C33H43N3O6S/c1-9-25(5)34-33(38)26(6)35(20-27-13-11-10-12-24(27)4)32(37)21-36(28-17-22(2)16-23(3)18-28)43(39,40)29-14-15-30(41-7)31(19-29)42-8/h10-19,25-26H,9,20-21H2,1-8H3,(H,34,38). The fourth-order valence-electron chi connectivity index (χ4n) is 4.75. The molecular weight excluding hydrogens is 566 g/mol. The minimum Gasteiger partial charge on any atom is -0.493 e. The molecule has 43 heavy (non-hydrogen) atoms. The average Bonchev–Trinajstić information content (AvgIpc) is 2.97. The van der Waals surface area contributed by atoms with E-state index in [0.717, 1.165) is 33.0 Å². The second kappa shape index (κ2) is 14.4. The van der Waals surface area contributed by atoms with Gasteiger partial charge in [0.15, 0.2) is 11.5 Å². The number of amides is 2. The van der Waals surface area contributed by atoms with Gasteiger partial charge in [-0.1, -0.05) is 37.3 Å². The van der Waals surface area contributed by atoms with Crippen LogP contribution in [0.25, 0.3) is 0 Å². The number of hydrogen-bond donors (Lipinski definition) is 1. The molecule has 9 nitrogen and oxygen atoms in total. The topological polar surface area (TPSA) is 105 Å². The minimum atomic E-state index is -4.27. The van der Waals surface area contributed by atoms with Crippen LogP contribution in [0.5, 0.6) is 11.5 Å². The molecule has 10 heteroatoms. The summed E-state index contributed by atoms with van der Waals surface area (Å²) in [5, 5.41) is 2.95. The van der Waals surface area contributed by atoms with Crippen LogP contribution >= 0.6 is 0 Å². The number of sulfonamides is 1. The molecule has 2 unspecified atom stereocenters. The molecule has 2 atom stereocenters. The van der Waals surface area contributed by atoms with Crippen molar-refractivity contribution in [1.82, 2.24) is 10.2 Å². The normalized spacial score (nSPS) is 12.7. The number of carbonyl (C=O) groups excluding carboxylic acids is 2. The molecule has 0 radical (unpaired) electrons. The fourth-order valence-corrected chi connectivity index (χ4v) is 6.16. The van der Waals surface area contributed by atoms with Gasteiger partial charge in [-0.05, 0) is 87.6 Å². The van der Waals surface area contributed by atoms with E-state index in [0.29, 0.717) is 11.4 Å². The molecule has 0 aliphatic rings. The molecule has 2 amide bonds. The van der Waals surface area contributed by atoms with Crippen molar-refractivity contribution in [2.24, 2.45) is 0 Å². The van der Waals surface area contributed by atoms with Gasteiger partial charge in [-0.2, -0.15) is 0 Å². The molecule has 0 heterocycles. The maximum atomic E-state index is 14.3. The van der Waals surface area contributed by atoms with Gasteiger partial charge in [-0.3, -0.25) is 13.9 Å². The summed E-state index contributed by atoms with van der Waals surface area (Å²) in [6.45, 7) is 10.8. The number of aryl methyl sites for hydroxylation is 3. The van der Waals surface area contributed by atoms with Crippen molar-refractivity contribution in [2.45, 2.75) is 71.5 Å². The summed E-state index contributed by atoms with van der Waals surface area (Å²) in [7, 11) is -1.38. The summed E-state index contributed by atoms with van der Waals surface area (Å²) < 4.78 is 40.3. The Balaban J connectivity index is 2.12. The summed E-state index contributed by atoms with van der Waals surface area (Å²) in [5.74, 6) is -0.205. The van der Waals surface area contributed by atoms with E-state index in [9.17, 15) is 18.0 Å². The molecule has 3 aromatic carbocycles. The Morgan fingerprint density at radius 2 is 1.51 bits per heavy atom. The number of rotatable bonds is 13. The molecule has 0 aromatic heterocycles. The summed E-state index contributed by atoms with van der Waals surface area (Å²) in [5.41, 5.74) is 3.84. The van der Waals surface area contributed by atoms with Crippen molar-refractivity contribution < 1.29 is 27.5 Å². The lowest BCUT2D eigenvalue weighted by molar-refractivity contribution is -0.139. The van der Waals surface area contributed by atoms with Crippen molar-refractivity contribution in [2.75, 3.05) is 25.1 Å². The molecule has 0 saturated heterocycles. The zero-order chi connectivity index (χ0) is 31.9. The van der Waals surface area contributed by atoms with E-state index in [4.69, 9.17) is 9.47 Å². The van der Waals surface area contributed by atoms with E-state index in [1.54, 1.807) is 19.1 Å². The molecule has 3 aromatic rings. The lowest BCUT2D eigenvalue weighted by Crippen LogP contribution is -2.52. The van der Waals surface area contributed by atoms with Gasteiger partial charge in [0.1, 0.15) is 12.6 Å². The number of ether oxygens (including phenoxy) is 2. The van der Waals surface area contributed by atoms with Gasteiger partial charge in [0, 0.05) is 18.7 Å². The molecule has 0 bridgehead atoms. The Morgan fingerprint density at radius 1 is 0.884 bits per heavy atom. The minimum absolute atomic E-state index is 0.0647. The summed E-state index contributed by atoms with van der Waals surface area (Å²) >= 11 is 0. The largest absolute Gasteiger partial charge is 0.493 e. The van der Waals surface area contributed by atoms with Gasteiger partial charge >= 0.3 is 0 Å². The number of carbonyl (C=O) groups is 2. The van der Waals surface area contributed by atoms with Crippen LogP contribution in [0.2, 0.25) is 0 Å². The third-order valence-electron chi connectivity index (χ3n) is 7.49. The van der Waals surface area contributed by atoms with E-state index in [1.165, 1.54) is 37.3 Å². The molecule has 0 saturated carbocycles. The summed E-state index contributed by atoms with van der Waals surface area (Å²) in [4.78, 5) is 28.9. The van der Waals surface area contributed by atoms with E-state index in [2.05, 4.69) is 5.32 Å². The smallest absolute Gasteiger partial charge is 0.264 e. The Labute approximate surface area is 255 Å². The molecule has 1 N–H and O–H groups in total. The number of nitrogens with one attached hydrogen (secondary N) is 1. The predicted octanol–water partition coefficient (Wildman–Crippen LogP) is 5.16. The van der Waals surface area contributed by atoms with Gasteiger partial charge in [-0.25, -0.2) is 8.42 Å². The first-order valence-corrected chi connectivity index (χ1v) is 15.7. The zero-order valence-electron chi connectivity index (χ0n) is 26.3. The second-order valence-corrected chi connectivity index (χ2v) is 12.7. The average molecular weight is 610 g/mol. The maximum Gasteiger partial charge on any atom is 0.264 e. The maximum absolute atomic E-state index is 14.3. The SMILES string of the molecule is CCC(C)NC(=O)C(C)N(Cc1ccccc1C)C(=O)CN(c1cc(C)cc(C)c1)S(=O)(=O)c1ccc(OC)c(OC)c1. The first-order chi connectivity index (χ1) is 20.3. The molecule has 3 rings (SSSR count). The van der Waals surface area contributed by atoms with Gasteiger partial charge in [-0.15, -0.1) is 0 Å². The van der Waals surface area contributed by atoms with Crippen LogP contribution in [0, 0.1) is 20.8 Å². The van der Waals surface area contributed by atoms with Crippen LogP contribution in [0.3, 0.4) is 0 Å². The van der Waals surface area contributed by atoms with Crippen molar-refractivity contribution in [3.05, 3.63) is 82.9 Å². The molecule has 0 aliphatic carbocycles. The van der Waals surface area contributed by atoms with E-state index < -0.39 is 28.5 Å². The van der Waals surface area contributed by atoms with Gasteiger partial charge in [0.2, 0.25) is 11.8 Å². The lowest BCUT2D eigenvalue weighted by atomic mass is 10.1. The van der Waals surface area contributed by atoms with E-state index >= 15 is 0 Å². The highest BCUT2D eigenvalue weighted by atomic mass is 32.2. The van der Waals surface area contributed by atoms with E-state index in [-0.39, 0.29) is 29.1 Å². The second-order valence-electron chi connectivity index (χ2n) is 10.8. The van der Waals surface area contributed by atoms with Crippen molar-refractivity contribution >= 4 is 27.5 Å². The van der Waals surface area contributed by atoms with Gasteiger partial charge in [0.05, 0.1) is 24.8 Å². The number of anilines is 1. The molecule has 232 valence electrons. The van der Waals surface area contributed by atoms with Crippen molar-refractivity contribution in [3.8, 4) is 11.5 Å². The zero-order valence-corrected chi connectivity index (χ0v) is 27.1. The summed E-state index contributed by atoms with van der Waals surface area (Å²) in [6, 6.07) is 16.4. The van der Waals surface area contributed by atoms with Crippen molar-refractivity contribution in [3.63, 3.8) is 0 Å². The first kappa shape index (κ1) is 33.5. The number of hydrogen-bond acceptors (Lipinski definition) is 6. The van der Waals surface area contributed by atoms with Gasteiger partial charge in [0.25, 0.3) is 10.0 Å². The van der Waals surface area contributed by atoms with Crippen LogP contribution < -0.4 is 19.1 Å².